The summed E-state index contributed by atoms with van der Waals surface area (Å²) in [5, 5.41) is 0. The van der Waals surface area contributed by atoms with E-state index in [0.29, 0.717) is 0 Å². The Balaban J connectivity index is 1.67. The maximum absolute atomic E-state index is 12.5. The second-order valence-electron chi connectivity index (χ2n) is 7.37. The molecule has 0 amide bonds. The fraction of sp³-hybridized carbons (Fsp3) is 0.611. The van der Waals surface area contributed by atoms with Crippen molar-refractivity contribution in [3.05, 3.63) is 22.7 Å². The van der Waals surface area contributed by atoms with Crippen LogP contribution >= 0.6 is 0 Å². The molecule has 0 radical (unpaired) electrons. The Kier molecular flexibility index (Phi) is 7.15. The van der Waals surface area contributed by atoms with Crippen molar-refractivity contribution < 1.29 is 42.9 Å². The molecule has 2 saturated heterocycles. The van der Waals surface area contributed by atoms with Crippen LogP contribution in [-0.4, -0.2) is 65.9 Å². The molecule has 0 bridgehead atoms. The highest BCUT2D eigenvalue weighted by molar-refractivity contribution is 5.76. The molecule has 176 valence electrons. The SMILES string of the molecule is COC(=O)OCC[C@H]1O[C@@H](n2ccc(NOC(=O)[C@H](N)C(C)C)nc2=O)[C@@H]2OC(=O)O[C@@H]21. The lowest BCUT2D eigenvalue weighted by Crippen LogP contribution is -2.38. The second-order valence-corrected chi connectivity index (χ2v) is 7.37. The molecule has 2 aliphatic heterocycles. The number of hydrogen-bond donors (Lipinski definition) is 2. The van der Waals surface area contributed by atoms with E-state index < -0.39 is 54.6 Å². The number of ether oxygens (including phenoxy) is 5. The monoisotopic (exact) mass is 456 g/mol. The van der Waals surface area contributed by atoms with Gasteiger partial charge in [0.2, 0.25) is 0 Å². The van der Waals surface area contributed by atoms with E-state index in [-0.39, 0.29) is 24.8 Å². The minimum Gasteiger partial charge on any atom is -0.438 e. The smallest absolute Gasteiger partial charge is 0.438 e. The van der Waals surface area contributed by atoms with Crippen molar-refractivity contribution in [1.82, 2.24) is 9.55 Å². The van der Waals surface area contributed by atoms with Gasteiger partial charge >= 0.3 is 24.0 Å². The molecule has 0 unspecified atom stereocenters. The van der Waals surface area contributed by atoms with Crippen LogP contribution in [0.3, 0.4) is 0 Å². The lowest BCUT2D eigenvalue weighted by atomic mass is 10.1. The zero-order valence-corrected chi connectivity index (χ0v) is 17.6. The van der Waals surface area contributed by atoms with Crippen LogP contribution in [0.25, 0.3) is 0 Å². The number of nitrogens with zero attached hydrogens (tertiary/aromatic N) is 2. The number of nitrogens with one attached hydrogen (secondary N) is 1. The Morgan fingerprint density at radius 1 is 1.28 bits per heavy atom. The second kappa shape index (κ2) is 9.82. The van der Waals surface area contributed by atoms with E-state index in [9.17, 15) is 19.2 Å². The van der Waals surface area contributed by atoms with E-state index in [0.717, 1.165) is 4.57 Å². The first-order valence-electron chi connectivity index (χ1n) is 9.76. The van der Waals surface area contributed by atoms with Gasteiger partial charge in [0, 0.05) is 18.7 Å². The van der Waals surface area contributed by atoms with Gasteiger partial charge in [0.05, 0.1) is 13.7 Å². The Morgan fingerprint density at radius 3 is 2.66 bits per heavy atom. The number of methoxy groups -OCH3 is 1. The lowest BCUT2D eigenvalue weighted by Gasteiger charge is -2.18. The molecule has 2 fully saturated rings. The summed E-state index contributed by atoms with van der Waals surface area (Å²) in [6, 6.07) is 0.517. The summed E-state index contributed by atoms with van der Waals surface area (Å²) in [6.07, 6.45) is -3.73. The zero-order valence-electron chi connectivity index (χ0n) is 17.6. The number of nitrogens with two attached hydrogens (primary N) is 1. The van der Waals surface area contributed by atoms with Crippen molar-refractivity contribution in [2.75, 3.05) is 19.2 Å². The molecule has 0 aliphatic carbocycles. The third kappa shape index (κ3) is 5.08. The molecule has 0 saturated carbocycles. The van der Waals surface area contributed by atoms with Crippen LogP contribution in [0, 0.1) is 5.92 Å². The summed E-state index contributed by atoms with van der Waals surface area (Å²) in [7, 11) is 1.17. The number of rotatable bonds is 8. The molecule has 0 aromatic carbocycles. The predicted octanol–water partition coefficient (Wildman–Crippen LogP) is 0.0712. The van der Waals surface area contributed by atoms with Crippen LogP contribution in [-0.2, 0) is 33.3 Å². The van der Waals surface area contributed by atoms with Crippen molar-refractivity contribution in [3.63, 3.8) is 0 Å². The average molecular weight is 456 g/mol. The van der Waals surface area contributed by atoms with Crippen molar-refractivity contribution in [3.8, 4) is 0 Å². The summed E-state index contributed by atoms with van der Waals surface area (Å²) < 4.78 is 26.4. The standard InChI is InChI=1S/C18H24N4O10/c1-8(2)11(19)15(23)32-21-10-4-6-22(16(24)20-10)14-13-12(30-18(26)31-13)9(29-14)5-7-28-17(25)27-3/h4,6,8-9,11-14H,5,7,19H2,1-3H3,(H,20,21,24)/t9-,11-,12-,13-,14-/m1/s1. The van der Waals surface area contributed by atoms with E-state index in [1.54, 1.807) is 13.8 Å². The topological polar surface area (TPSA) is 180 Å². The molecule has 3 rings (SSSR count). The fourth-order valence-electron chi connectivity index (χ4n) is 3.11. The molecule has 1 aromatic rings. The summed E-state index contributed by atoms with van der Waals surface area (Å²) in [4.78, 5) is 55.7. The van der Waals surface area contributed by atoms with E-state index in [4.69, 9.17) is 29.5 Å². The first-order valence-corrected chi connectivity index (χ1v) is 9.76. The molecule has 14 nitrogen and oxygen atoms in total. The van der Waals surface area contributed by atoms with E-state index in [1.165, 1.54) is 19.4 Å². The first-order chi connectivity index (χ1) is 15.2. The number of anilines is 1. The van der Waals surface area contributed by atoms with Gasteiger partial charge in [-0.25, -0.2) is 24.7 Å². The third-order valence-corrected chi connectivity index (χ3v) is 4.89. The van der Waals surface area contributed by atoms with Gasteiger partial charge in [-0.2, -0.15) is 4.98 Å². The van der Waals surface area contributed by atoms with Gasteiger partial charge < -0.3 is 34.3 Å². The van der Waals surface area contributed by atoms with Gasteiger partial charge in [-0.3, -0.25) is 4.57 Å². The number of fused-ring (bicyclic) bond motifs is 1. The van der Waals surface area contributed by atoms with Gasteiger partial charge in [-0.05, 0) is 5.92 Å². The number of carbonyl (C=O) groups excluding carboxylic acids is 3. The van der Waals surface area contributed by atoms with E-state index in [2.05, 4.69) is 15.2 Å². The third-order valence-electron chi connectivity index (χ3n) is 4.89. The Bertz CT molecular complexity index is 919. The van der Waals surface area contributed by atoms with Crippen LogP contribution in [0.5, 0.6) is 0 Å². The van der Waals surface area contributed by atoms with Gasteiger partial charge in [0.1, 0.15) is 12.1 Å². The number of hydrogen-bond acceptors (Lipinski definition) is 13. The predicted molar refractivity (Wildman–Crippen MR) is 103 cm³/mol. The molecule has 1 aromatic heterocycles. The van der Waals surface area contributed by atoms with Crippen molar-refractivity contribution in [2.24, 2.45) is 11.7 Å². The first kappa shape index (κ1) is 23.3. The van der Waals surface area contributed by atoms with Crippen LogP contribution < -0.4 is 16.9 Å². The maximum atomic E-state index is 12.5. The van der Waals surface area contributed by atoms with Crippen LogP contribution in [0.15, 0.2) is 17.1 Å². The molecule has 2 aliphatic rings. The highest BCUT2D eigenvalue weighted by Gasteiger charge is 2.55. The number of carbonyl (C=O) groups is 3. The van der Waals surface area contributed by atoms with E-state index in [1.807, 2.05) is 0 Å². The molecule has 14 heteroatoms. The van der Waals surface area contributed by atoms with Crippen LogP contribution in [0.2, 0.25) is 0 Å². The quantitative estimate of drug-likeness (QED) is 0.305. The summed E-state index contributed by atoms with van der Waals surface area (Å²) in [5.74, 6) is -0.882. The molecule has 0 spiro atoms. The van der Waals surface area contributed by atoms with Crippen molar-refractivity contribution >= 4 is 24.1 Å². The zero-order chi connectivity index (χ0) is 23.4. The van der Waals surface area contributed by atoms with Gasteiger partial charge in [-0.1, -0.05) is 13.8 Å². The maximum Gasteiger partial charge on any atom is 0.509 e. The largest absolute Gasteiger partial charge is 0.509 e. The van der Waals surface area contributed by atoms with Crippen molar-refractivity contribution in [2.45, 2.75) is 50.8 Å². The van der Waals surface area contributed by atoms with Gasteiger partial charge in [0.25, 0.3) is 0 Å². The van der Waals surface area contributed by atoms with E-state index >= 15 is 0 Å². The molecule has 32 heavy (non-hydrogen) atoms. The summed E-state index contributed by atoms with van der Waals surface area (Å²) in [6.45, 7) is 3.45. The molecular formula is C18H24N4O10. The highest BCUT2D eigenvalue weighted by atomic mass is 16.8. The molecule has 3 N–H and O–H groups in total. The lowest BCUT2D eigenvalue weighted by molar-refractivity contribution is -0.143. The minimum absolute atomic E-state index is 0.0344. The highest BCUT2D eigenvalue weighted by Crippen LogP contribution is 2.38. The minimum atomic E-state index is -1.03. The molecular weight excluding hydrogens is 432 g/mol. The van der Waals surface area contributed by atoms with Crippen molar-refractivity contribution in [1.29, 1.82) is 0 Å². The summed E-state index contributed by atoms with van der Waals surface area (Å²) in [5.41, 5.74) is 7.20. The molecule has 5 atom stereocenters. The average Bonchev–Trinajstić information content (AvgIpc) is 3.29. The Morgan fingerprint density at radius 2 is 2.00 bits per heavy atom. The van der Waals surface area contributed by atoms with Gasteiger partial charge in [-0.15, -0.1) is 0 Å². The van der Waals surface area contributed by atoms with Gasteiger partial charge in [0.15, 0.2) is 24.3 Å². The van der Waals surface area contributed by atoms with Crippen LogP contribution in [0.1, 0.15) is 26.5 Å². The summed E-state index contributed by atoms with van der Waals surface area (Å²) >= 11 is 0. The normalized spacial score (nSPS) is 24.8. The Hall–Kier alpha value is -3.39. The molecule has 3 heterocycles. The Labute approximate surface area is 181 Å². The fourth-order valence-corrected chi connectivity index (χ4v) is 3.11. The number of aromatic nitrogens is 2. The van der Waals surface area contributed by atoms with Crippen LogP contribution in [0.4, 0.5) is 15.4 Å².